The SMILES string of the molecule is CN1C2CCCC2C2CCCC21. The van der Waals surface area contributed by atoms with Crippen LogP contribution in [0.3, 0.4) is 0 Å². The molecule has 1 heterocycles. The molecule has 0 aromatic rings. The van der Waals surface area contributed by atoms with Gasteiger partial charge in [-0.05, 0) is 44.6 Å². The van der Waals surface area contributed by atoms with E-state index in [4.69, 9.17) is 0 Å². The first-order valence-corrected chi connectivity index (χ1v) is 5.60. The summed E-state index contributed by atoms with van der Waals surface area (Å²) in [6.45, 7) is 0. The molecule has 0 amide bonds. The van der Waals surface area contributed by atoms with Crippen molar-refractivity contribution in [2.45, 2.75) is 50.6 Å². The van der Waals surface area contributed by atoms with Gasteiger partial charge in [0.05, 0.1) is 0 Å². The summed E-state index contributed by atoms with van der Waals surface area (Å²) in [6.07, 6.45) is 9.07. The molecular formula is C11H19N. The summed E-state index contributed by atoms with van der Waals surface area (Å²) >= 11 is 0. The molecule has 0 spiro atoms. The summed E-state index contributed by atoms with van der Waals surface area (Å²) in [5.74, 6) is 2.20. The molecule has 1 saturated heterocycles. The van der Waals surface area contributed by atoms with Gasteiger partial charge in [0, 0.05) is 12.1 Å². The predicted octanol–water partition coefficient (Wildman–Crippen LogP) is 2.27. The van der Waals surface area contributed by atoms with Crippen LogP contribution in [0.15, 0.2) is 0 Å². The van der Waals surface area contributed by atoms with Crippen LogP contribution in [0.4, 0.5) is 0 Å². The zero-order valence-electron chi connectivity index (χ0n) is 8.00. The third kappa shape index (κ3) is 0.783. The topological polar surface area (TPSA) is 3.24 Å². The smallest absolute Gasteiger partial charge is 0.0127 e. The maximum Gasteiger partial charge on any atom is 0.0127 e. The quantitative estimate of drug-likeness (QED) is 0.532. The lowest BCUT2D eigenvalue weighted by Crippen LogP contribution is -2.31. The number of fused-ring (bicyclic) bond motifs is 3. The van der Waals surface area contributed by atoms with Crippen molar-refractivity contribution in [2.75, 3.05) is 7.05 Å². The predicted molar refractivity (Wildman–Crippen MR) is 50.0 cm³/mol. The highest BCUT2D eigenvalue weighted by Crippen LogP contribution is 2.50. The van der Waals surface area contributed by atoms with Gasteiger partial charge >= 0.3 is 0 Å². The summed E-state index contributed by atoms with van der Waals surface area (Å²) < 4.78 is 0. The monoisotopic (exact) mass is 165 g/mol. The second-order valence-corrected chi connectivity index (χ2v) is 4.99. The highest BCUT2D eigenvalue weighted by molar-refractivity contribution is 5.03. The lowest BCUT2D eigenvalue weighted by Gasteiger charge is -2.23. The molecule has 12 heavy (non-hydrogen) atoms. The van der Waals surface area contributed by atoms with Crippen molar-refractivity contribution in [3.63, 3.8) is 0 Å². The third-order valence-electron chi connectivity index (χ3n) is 4.66. The molecule has 1 heteroatoms. The van der Waals surface area contributed by atoms with Gasteiger partial charge in [-0.15, -0.1) is 0 Å². The minimum atomic E-state index is 0.986. The summed E-state index contributed by atoms with van der Waals surface area (Å²) in [7, 11) is 2.37. The van der Waals surface area contributed by atoms with Gasteiger partial charge in [0.2, 0.25) is 0 Å². The van der Waals surface area contributed by atoms with Crippen LogP contribution in [0.1, 0.15) is 38.5 Å². The van der Waals surface area contributed by atoms with Crippen LogP contribution in [0, 0.1) is 11.8 Å². The van der Waals surface area contributed by atoms with E-state index in [9.17, 15) is 0 Å². The van der Waals surface area contributed by atoms with Crippen LogP contribution in [-0.2, 0) is 0 Å². The molecule has 1 nitrogen and oxygen atoms in total. The molecule has 2 aliphatic carbocycles. The zero-order chi connectivity index (χ0) is 8.13. The van der Waals surface area contributed by atoms with E-state index in [0.717, 1.165) is 23.9 Å². The Morgan fingerprint density at radius 2 is 1.33 bits per heavy atom. The Morgan fingerprint density at radius 3 is 1.83 bits per heavy atom. The van der Waals surface area contributed by atoms with Gasteiger partial charge < -0.3 is 0 Å². The summed E-state index contributed by atoms with van der Waals surface area (Å²) in [6, 6.07) is 1.97. The van der Waals surface area contributed by atoms with E-state index in [1.807, 2.05) is 0 Å². The number of rotatable bonds is 0. The minimum Gasteiger partial charge on any atom is -0.300 e. The Kier molecular flexibility index (Phi) is 1.52. The maximum atomic E-state index is 2.72. The summed E-state index contributed by atoms with van der Waals surface area (Å²) in [5, 5.41) is 0. The lowest BCUT2D eigenvalue weighted by atomic mass is 9.90. The molecule has 0 radical (unpaired) electrons. The maximum absolute atomic E-state index is 2.72. The average Bonchev–Trinajstić information content (AvgIpc) is 2.72. The van der Waals surface area contributed by atoms with Crippen molar-refractivity contribution in [1.29, 1.82) is 0 Å². The normalized spacial score (nSPS) is 52.8. The van der Waals surface area contributed by atoms with E-state index in [2.05, 4.69) is 11.9 Å². The second kappa shape index (κ2) is 2.47. The standard InChI is InChI=1S/C11H19N/c1-12-10-6-2-4-8(10)9-5-3-7-11(9)12/h8-11H,2-7H2,1H3. The van der Waals surface area contributed by atoms with Crippen LogP contribution in [0.25, 0.3) is 0 Å². The van der Waals surface area contributed by atoms with Crippen molar-refractivity contribution < 1.29 is 0 Å². The van der Waals surface area contributed by atoms with E-state index in [-0.39, 0.29) is 0 Å². The fraction of sp³-hybridized carbons (Fsp3) is 1.00. The first-order valence-electron chi connectivity index (χ1n) is 5.60. The highest BCUT2D eigenvalue weighted by Gasteiger charge is 2.50. The molecule has 1 aliphatic heterocycles. The molecular weight excluding hydrogens is 146 g/mol. The molecule has 0 aromatic heterocycles. The number of hydrogen-bond donors (Lipinski definition) is 0. The van der Waals surface area contributed by atoms with Gasteiger partial charge in [-0.2, -0.15) is 0 Å². The Morgan fingerprint density at radius 1 is 0.833 bits per heavy atom. The fourth-order valence-corrected chi connectivity index (χ4v) is 4.19. The van der Waals surface area contributed by atoms with Crippen molar-refractivity contribution in [2.24, 2.45) is 11.8 Å². The van der Waals surface area contributed by atoms with Crippen LogP contribution in [0.5, 0.6) is 0 Å². The molecule has 68 valence electrons. The van der Waals surface area contributed by atoms with Gasteiger partial charge in [-0.25, -0.2) is 0 Å². The Balaban J connectivity index is 1.89. The first-order chi connectivity index (χ1) is 5.88. The van der Waals surface area contributed by atoms with Crippen molar-refractivity contribution >= 4 is 0 Å². The Labute approximate surface area is 75.1 Å². The molecule has 0 N–H and O–H groups in total. The van der Waals surface area contributed by atoms with Crippen LogP contribution < -0.4 is 0 Å². The van der Waals surface area contributed by atoms with E-state index in [1.54, 1.807) is 0 Å². The summed E-state index contributed by atoms with van der Waals surface area (Å²) in [5.41, 5.74) is 0. The fourth-order valence-electron chi connectivity index (χ4n) is 4.19. The molecule has 3 rings (SSSR count). The molecule has 0 bridgehead atoms. The second-order valence-electron chi connectivity index (χ2n) is 4.99. The zero-order valence-corrected chi connectivity index (χ0v) is 8.00. The van der Waals surface area contributed by atoms with E-state index < -0.39 is 0 Å². The largest absolute Gasteiger partial charge is 0.300 e. The Hall–Kier alpha value is -0.0400. The van der Waals surface area contributed by atoms with Crippen molar-refractivity contribution in [1.82, 2.24) is 4.90 Å². The molecule has 0 aromatic carbocycles. The first kappa shape index (κ1) is 7.37. The van der Waals surface area contributed by atoms with Crippen LogP contribution >= 0.6 is 0 Å². The van der Waals surface area contributed by atoms with Crippen LogP contribution in [-0.4, -0.2) is 24.0 Å². The van der Waals surface area contributed by atoms with Gasteiger partial charge in [-0.3, -0.25) is 4.90 Å². The Bertz CT molecular complexity index is 169. The average molecular weight is 165 g/mol. The van der Waals surface area contributed by atoms with Crippen LogP contribution in [0.2, 0.25) is 0 Å². The number of hydrogen-bond acceptors (Lipinski definition) is 1. The molecule has 3 aliphatic rings. The molecule has 4 unspecified atom stereocenters. The minimum absolute atomic E-state index is 0.986. The van der Waals surface area contributed by atoms with Crippen molar-refractivity contribution in [3.05, 3.63) is 0 Å². The van der Waals surface area contributed by atoms with Gasteiger partial charge in [0.1, 0.15) is 0 Å². The van der Waals surface area contributed by atoms with Gasteiger partial charge in [0.15, 0.2) is 0 Å². The van der Waals surface area contributed by atoms with Crippen molar-refractivity contribution in [3.8, 4) is 0 Å². The van der Waals surface area contributed by atoms with E-state index >= 15 is 0 Å². The highest BCUT2D eigenvalue weighted by atomic mass is 15.2. The van der Waals surface area contributed by atoms with Gasteiger partial charge in [0.25, 0.3) is 0 Å². The molecule has 3 fully saturated rings. The lowest BCUT2D eigenvalue weighted by molar-refractivity contribution is 0.228. The van der Waals surface area contributed by atoms with E-state index in [0.29, 0.717) is 0 Å². The summed E-state index contributed by atoms with van der Waals surface area (Å²) in [4.78, 5) is 2.72. The number of nitrogens with zero attached hydrogens (tertiary/aromatic N) is 1. The molecule has 4 atom stereocenters. The number of likely N-dealkylation sites (tertiary alicyclic amines) is 1. The van der Waals surface area contributed by atoms with Gasteiger partial charge in [-0.1, -0.05) is 12.8 Å². The third-order valence-corrected chi connectivity index (χ3v) is 4.66. The molecule has 2 saturated carbocycles. The van der Waals surface area contributed by atoms with E-state index in [1.165, 1.54) is 38.5 Å².